The number of hydrogen-bond donors (Lipinski definition) is 2. The summed E-state index contributed by atoms with van der Waals surface area (Å²) in [4.78, 5) is 11.8. The molecule has 0 atom stereocenters. The Kier molecular flexibility index (Phi) is 4.30. The van der Waals surface area contributed by atoms with Gasteiger partial charge >= 0.3 is 0 Å². The van der Waals surface area contributed by atoms with Crippen LogP contribution in [0.4, 0.5) is 14.5 Å². The molecule has 5 heteroatoms. The number of nitrogens with two attached hydrogens (primary N) is 1. The van der Waals surface area contributed by atoms with Gasteiger partial charge in [0.2, 0.25) is 0 Å². The van der Waals surface area contributed by atoms with Crippen LogP contribution in [0, 0.1) is 11.6 Å². The molecule has 2 aromatic carbocycles. The van der Waals surface area contributed by atoms with E-state index in [9.17, 15) is 13.6 Å². The van der Waals surface area contributed by atoms with Crippen molar-refractivity contribution in [3.8, 4) is 0 Å². The zero-order valence-electron chi connectivity index (χ0n) is 10.7. The normalized spacial score (nSPS) is 10.3. The maximum absolute atomic E-state index is 13.4. The standard InChI is InChI=1S/C15H14F2N2O/c16-12-4-2-1-3-10(12)7-8-19-15(20)11-5-6-13(17)14(18)9-11/h1-6,9H,7-8,18H2,(H,19,20). The fraction of sp³-hybridized carbons (Fsp3) is 0.133. The van der Waals surface area contributed by atoms with Crippen molar-refractivity contribution in [3.05, 3.63) is 65.2 Å². The smallest absolute Gasteiger partial charge is 0.251 e. The minimum absolute atomic E-state index is 0.0771. The van der Waals surface area contributed by atoms with Gasteiger partial charge < -0.3 is 11.1 Å². The van der Waals surface area contributed by atoms with Crippen LogP contribution in [-0.2, 0) is 6.42 Å². The number of carbonyl (C=O) groups is 1. The lowest BCUT2D eigenvalue weighted by Crippen LogP contribution is -2.26. The molecule has 20 heavy (non-hydrogen) atoms. The van der Waals surface area contributed by atoms with Crippen molar-refractivity contribution in [3.63, 3.8) is 0 Å². The highest BCUT2D eigenvalue weighted by Gasteiger charge is 2.08. The topological polar surface area (TPSA) is 55.1 Å². The summed E-state index contributed by atoms with van der Waals surface area (Å²) in [6.45, 7) is 0.289. The summed E-state index contributed by atoms with van der Waals surface area (Å²) >= 11 is 0. The summed E-state index contributed by atoms with van der Waals surface area (Å²) < 4.78 is 26.3. The van der Waals surface area contributed by atoms with Gasteiger partial charge in [0.05, 0.1) is 5.69 Å². The van der Waals surface area contributed by atoms with Gasteiger partial charge in [-0.2, -0.15) is 0 Å². The second kappa shape index (κ2) is 6.14. The number of nitrogen functional groups attached to an aromatic ring is 1. The van der Waals surface area contributed by atoms with Crippen LogP contribution >= 0.6 is 0 Å². The monoisotopic (exact) mass is 276 g/mol. The van der Waals surface area contributed by atoms with Gasteiger partial charge in [-0.05, 0) is 36.2 Å². The number of carbonyl (C=O) groups excluding carboxylic acids is 1. The van der Waals surface area contributed by atoms with Crippen molar-refractivity contribution < 1.29 is 13.6 Å². The van der Waals surface area contributed by atoms with E-state index in [1.54, 1.807) is 18.2 Å². The van der Waals surface area contributed by atoms with Crippen LogP contribution in [0.1, 0.15) is 15.9 Å². The van der Waals surface area contributed by atoms with Crippen molar-refractivity contribution >= 4 is 11.6 Å². The number of nitrogens with one attached hydrogen (secondary N) is 1. The van der Waals surface area contributed by atoms with Crippen LogP contribution in [0.5, 0.6) is 0 Å². The molecule has 104 valence electrons. The van der Waals surface area contributed by atoms with Crippen LogP contribution in [0.2, 0.25) is 0 Å². The van der Waals surface area contributed by atoms with E-state index in [0.717, 1.165) is 6.07 Å². The Bertz CT molecular complexity index is 629. The van der Waals surface area contributed by atoms with E-state index in [1.807, 2.05) is 0 Å². The number of halogens is 2. The fourth-order valence-electron chi connectivity index (χ4n) is 1.80. The quantitative estimate of drug-likeness (QED) is 0.843. The Morgan fingerprint density at radius 1 is 1.10 bits per heavy atom. The van der Waals surface area contributed by atoms with Crippen LogP contribution in [0.3, 0.4) is 0 Å². The fourth-order valence-corrected chi connectivity index (χ4v) is 1.80. The summed E-state index contributed by atoms with van der Waals surface area (Å²) in [5, 5.41) is 2.64. The lowest BCUT2D eigenvalue weighted by molar-refractivity contribution is 0.0954. The highest BCUT2D eigenvalue weighted by Crippen LogP contribution is 2.12. The van der Waals surface area contributed by atoms with Gasteiger partial charge in [0.25, 0.3) is 5.91 Å². The molecule has 0 radical (unpaired) electrons. The molecule has 0 unspecified atom stereocenters. The van der Waals surface area contributed by atoms with E-state index in [1.165, 1.54) is 18.2 Å². The van der Waals surface area contributed by atoms with Crippen LogP contribution < -0.4 is 11.1 Å². The molecule has 0 fully saturated rings. The third-order valence-corrected chi connectivity index (χ3v) is 2.90. The van der Waals surface area contributed by atoms with Crippen molar-refractivity contribution in [2.45, 2.75) is 6.42 Å². The average Bonchev–Trinajstić information content (AvgIpc) is 2.44. The molecule has 0 saturated heterocycles. The first-order valence-electron chi connectivity index (χ1n) is 6.14. The molecule has 0 aromatic heterocycles. The van der Waals surface area contributed by atoms with E-state index in [-0.39, 0.29) is 29.5 Å². The van der Waals surface area contributed by atoms with Gasteiger partial charge in [0.1, 0.15) is 11.6 Å². The van der Waals surface area contributed by atoms with Crippen LogP contribution in [-0.4, -0.2) is 12.5 Å². The predicted molar refractivity (Wildman–Crippen MR) is 73.2 cm³/mol. The molecule has 3 nitrogen and oxygen atoms in total. The predicted octanol–water partition coefficient (Wildman–Crippen LogP) is 2.52. The van der Waals surface area contributed by atoms with Gasteiger partial charge in [-0.25, -0.2) is 8.78 Å². The molecule has 0 spiro atoms. The number of amides is 1. The molecule has 2 aromatic rings. The summed E-state index contributed by atoms with van der Waals surface area (Å²) in [7, 11) is 0. The lowest BCUT2D eigenvalue weighted by atomic mass is 10.1. The largest absolute Gasteiger partial charge is 0.396 e. The maximum Gasteiger partial charge on any atom is 0.251 e. The first-order chi connectivity index (χ1) is 9.58. The zero-order valence-corrected chi connectivity index (χ0v) is 10.7. The van der Waals surface area contributed by atoms with Crippen molar-refractivity contribution in [2.75, 3.05) is 12.3 Å². The van der Waals surface area contributed by atoms with Crippen LogP contribution in [0.15, 0.2) is 42.5 Å². The van der Waals surface area contributed by atoms with Gasteiger partial charge in [-0.3, -0.25) is 4.79 Å². The second-order valence-electron chi connectivity index (χ2n) is 4.33. The zero-order chi connectivity index (χ0) is 14.5. The number of benzene rings is 2. The molecular formula is C15H14F2N2O. The van der Waals surface area contributed by atoms with E-state index in [4.69, 9.17) is 5.73 Å². The third kappa shape index (κ3) is 3.32. The van der Waals surface area contributed by atoms with Gasteiger partial charge in [-0.15, -0.1) is 0 Å². The molecule has 0 bridgehead atoms. The molecular weight excluding hydrogens is 262 g/mol. The molecule has 0 saturated carbocycles. The minimum atomic E-state index is -0.562. The van der Waals surface area contributed by atoms with Crippen molar-refractivity contribution in [2.24, 2.45) is 0 Å². The van der Waals surface area contributed by atoms with Gasteiger partial charge in [0, 0.05) is 12.1 Å². The van der Waals surface area contributed by atoms with Gasteiger partial charge in [0.15, 0.2) is 0 Å². The Morgan fingerprint density at radius 2 is 1.85 bits per heavy atom. The Labute approximate surface area is 115 Å². The third-order valence-electron chi connectivity index (χ3n) is 2.90. The van der Waals surface area contributed by atoms with Crippen molar-refractivity contribution in [1.82, 2.24) is 5.32 Å². The van der Waals surface area contributed by atoms with E-state index in [2.05, 4.69) is 5.32 Å². The summed E-state index contributed by atoms with van der Waals surface area (Å²) in [6, 6.07) is 10.1. The highest BCUT2D eigenvalue weighted by atomic mass is 19.1. The molecule has 0 aliphatic heterocycles. The molecule has 1 amide bonds. The number of rotatable bonds is 4. The van der Waals surface area contributed by atoms with Crippen molar-refractivity contribution in [1.29, 1.82) is 0 Å². The molecule has 0 aliphatic carbocycles. The van der Waals surface area contributed by atoms with E-state index >= 15 is 0 Å². The second-order valence-corrected chi connectivity index (χ2v) is 4.33. The van der Waals surface area contributed by atoms with Crippen LogP contribution in [0.25, 0.3) is 0 Å². The minimum Gasteiger partial charge on any atom is -0.396 e. The Balaban J connectivity index is 1.92. The first kappa shape index (κ1) is 14.0. The Hall–Kier alpha value is -2.43. The molecule has 3 N–H and O–H groups in total. The number of hydrogen-bond acceptors (Lipinski definition) is 2. The average molecular weight is 276 g/mol. The summed E-state index contributed by atoms with van der Waals surface area (Å²) in [6.07, 6.45) is 0.384. The summed E-state index contributed by atoms with van der Waals surface area (Å²) in [5.74, 6) is -1.23. The summed E-state index contributed by atoms with van der Waals surface area (Å²) in [5.41, 5.74) is 6.13. The molecule has 2 rings (SSSR count). The lowest BCUT2D eigenvalue weighted by Gasteiger charge is -2.07. The molecule has 0 heterocycles. The molecule has 0 aliphatic rings. The Morgan fingerprint density at radius 3 is 2.55 bits per heavy atom. The highest BCUT2D eigenvalue weighted by molar-refractivity contribution is 5.95. The number of anilines is 1. The first-order valence-corrected chi connectivity index (χ1v) is 6.14. The SMILES string of the molecule is Nc1cc(C(=O)NCCc2ccccc2F)ccc1F. The van der Waals surface area contributed by atoms with Gasteiger partial charge in [-0.1, -0.05) is 18.2 Å². The maximum atomic E-state index is 13.4. The van der Waals surface area contributed by atoms with E-state index in [0.29, 0.717) is 12.0 Å². The van der Waals surface area contributed by atoms with E-state index < -0.39 is 5.82 Å².